The molecule has 0 aliphatic rings. The number of amides is 1. The van der Waals surface area contributed by atoms with Gasteiger partial charge in [-0.15, -0.1) is 0 Å². The number of hydrogen-bond donors (Lipinski definition) is 2. The smallest absolute Gasteiger partial charge is 0.362 e. The number of hydrogen-bond acceptors (Lipinski definition) is 3. The average Bonchev–Trinajstić information content (AvgIpc) is 2.80. The Morgan fingerprint density at radius 3 is 2.61 bits per heavy atom. The Hall–Kier alpha value is -2.48. The van der Waals surface area contributed by atoms with Crippen LogP contribution in [0.4, 0.5) is 24.5 Å². The van der Waals surface area contributed by atoms with Crippen LogP contribution >= 0.6 is 11.6 Å². The summed E-state index contributed by atoms with van der Waals surface area (Å²) in [6.45, 7) is 3.49. The molecule has 0 unspecified atom stereocenters. The summed E-state index contributed by atoms with van der Waals surface area (Å²) in [7, 11) is 1.12. The minimum absolute atomic E-state index is 0.240. The summed E-state index contributed by atoms with van der Waals surface area (Å²) in [4.78, 5) is 12.1. The van der Waals surface area contributed by atoms with E-state index in [-0.39, 0.29) is 5.69 Å². The molecule has 122 valence electrons. The number of carbonyl (C=O) groups excluding carboxylic acids is 1. The van der Waals surface area contributed by atoms with Gasteiger partial charge in [0, 0.05) is 23.4 Å². The lowest BCUT2D eigenvalue weighted by Crippen LogP contribution is -2.20. The molecule has 1 heterocycles. The number of aromatic nitrogens is 2. The first kappa shape index (κ1) is 16.9. The quantitative estimate of drug-likeness (QED) is 0.884. The minimum Gasteiger partial charge on any atom is -0.362 e. The van der Waals surface area contributed by atoms with Crippen molar-refractivity contribution in [2.24, 2.45) is 7.05 Å². The van der Waals surface area contributed by atoms with E-state index < -0.39 is 23.3 Å². The third-order valence-corrected chi connectivity index (χ3v) is 3.09. The van der Waals surface area contributed by atoms with Gasteiger partial charge in [0.25, 0.3) is 5.91 Å². The highest BCUT2D eigenvalue weighted by atomic mass is 35.5. The molecule has 0 saturated carbocycles. The Morgan fingerprint density at radius 2 is 2.00 bits per heavy atom. The standard InChI is InChI=1S/C14H12ClF3N4O/c1-3-19-9-4-8(15)5-10(6-9)21-13(23)11-7-20-22(2)12(11)14(16,17)18/h3-7,19H,1H2,2H3,(H,21,23). The van der Waals surface area contributed by atoms with Crippen molar-refractivity contribution in [3.63, 3.8) is 0 Å². The highest BCUT2D eigenvalue weighted by Crippen LogP contribution is 2.32. The van der Waals surface area contributed by atoms with Crippen molar-refractivity contribution >= 4 is 28.9 Å². The Kier molecular flexibility index (Phi) is 4.65. The molecule has 0 aliphatic carbocycles. The van der Waals surface area contributed by atoms with Crippen molar-refractivity contribution in [3.8, 4) is 0 Å². The fourth-order valence-electron chi connectivity index (χ4n) is 2.00. The fraction of sp³-hybridized carbons (Fsp3) is 0.143. The van der Waals surface area contributed by atoms with Crippen LogP contribution in [0.5, 0.6) is 0 Å². The highest BCUT2D eigenvalue weighted by molar-refractivity contribution is 6.31. The topological polar surface area (TPSA) is 58.9 Å². The van der Waals surface area contributed by atoms with E-state index in [2.05, 4.69) is 22.3 Å². The lowest BCUT2D eigenvalue weighted by Gasteiger charge is -2.11. The maximum absolute atomic E-state index is 13.0. The van der Waals surface area contributed by atoms with Crippen molar-refractivity contribution in [1.82, 2.24) is 9.78 Å². The molecular formula is C14H12ClF3N4O. The minimum atomic E-state index is -4.69. The van der Waals surface area contributed by atoms with Gasteiger partial charge in [-0.05, 0) is 24.4 Å². The van der Waals surface area contributed by atoms with E-state index in [1.54, 1.807) is 6.07 Å². The first-order valence-electron chi connectivity index (χ1n) is 6.31. The molecule has 1 aromatic heterocycles. The van der Waals surface area contributed by atoms with E-state index in [0.29, 0.717) is 15.4 Å². The van der Waals surface area contributed by atoms with Gasteiger partial charge in [-0.25, -0.2) is 0 Å². The van der Waals surface area contributed by atoms with Crippen LogP contribution in [0, 0.1) is 0 Å². The normalized spacial score (nSPS) is 11.2. The van der Waals surface area contributed by atoms with E-state index in [9.17, 15) is 18.0 Å². The molecule has 1 amide bonds. The molecule has 2 rings (SSSR count). The number of nitrogens with one attached hydrogen (secondary N) is 2. The lowest BCUT2D eigenvalue weighted by molar-refractivity contribution is -0.144. The van der Waals surface area contributed by atoms with Gasteiger partial charge in [0.05, 0.1) is 11.8 Å². The second kappa shape index (κ2) is 6.33. The van der Waals surface area contributed by atoms with Gasteiger partial charge in [0.15, 0.2) is 5.69 Å². The van der Waals surface area contributed by atoms with Crippen LogP contribution < -0.4 is 10.6 Å². The van der Waals surface area contributed by atoms with Gasteiger partial charge in [-0.2, -0.15) is 18.3 Å². The predicted molar refractivity (Wildman–Crippen MR) is 81.4 cm³/mol. The molecule has 5 nitrogen and oxygen atoms in total. The number of halogens is 4. The summed E-state index contributed by atoms with van der Waals surface area (Å²) in [6, 6.07) is 4.50. The summed E-state index contributed by atoms with van der Waals surface area (Å²) in [6.07, 6.45) is -2.42. The summed E-state index contributed by atoms with van der Waals surface area (Å²) >= 11 is 5.90. The molecule has 23 heavy (non-hydrogen) atoms. The Balaban J connectivity index is 2.32. The van der Waals surface area contributed by atoms with Gasteiger partial charge in [-0.3, -0.25) is 9.48 Å². The van der Waals surface area contributed by atoms with Gasteiger partial charge >= 0.3 is 6.18 Å². The zero-order chi connectivity index (χ0) is 17.2. The van der Waals surface area contributed by atoms with Crippen LogP contribution in [0.15, 0.2) is 37.2 Å². The fourth-order valence-corrected chi connectivity index (χ4v) is 2.24. The molecule has 0 saturated heterocycles. The van der Waals surface area contributed by atoms with Gasteiger partial charge in [0.2, 0.25) is 0 Å². The Labute approximate surface area is 134 Å². The van der Waals surface area contributed by atoms with Crippen molar-refractivity contribution < 1.29 is 18.0 Å². The summed E-state index contributed by atoms with van der Waals surface area (Å²) in [5.41, 5.74) is -0.923. The molecule has 0 aliphatic heterocycles. The van der Waals surface area contributed by atoms with Crippen molar-refractivity contribution in [1.29, 1.82) is 0 Å². The van der Waals surface area contributed by atoms with Crippen LogP contribution in [0.1, 0.15) is 16.1 Å². The number of benzene rings is 1. The lowest BCUT2D eigenvalue weighted by atomic mass is 10.2. The second-order valence-electron chi connectivity index (χ2n) is 4.56. The molecule has 0 atom stereocenters. The zero-order valence-corrected chi connectivity index (χ0v) is 12.7. The number of anilines is 2. The van der Waals surface area contributed by atoms with Crippen molar-refractivity contribution in [2.75, 3.05) is 10.6 Å². The number of nitrogens with zero attached hydrogens (tertiary/aromatic N) is 2. The molecule has 9 heteroatoms. The van der Waals surface area contributed by atoms with E-state index in [0.717, 1.165) is 13.2 Å². The number of carbonyl (C=O) groups is 1. The zero-order valence-electron chi connectivity index (χ0n) is 11.9. The number of aryl methyl sites for hydroxylation is 1. The molecule has 0 spiro atoms. The first-order chi connectivity index (χ1) is 10.7. The van der Waals surface area contributed by atoms with E-state index >= 15 is 0 Å². The second-order valence-corrected chi connectivity index (χ2v) is 5.00. The van der Waals surface area contributed by atoms with E-state index in [1.807, 2.05) is 0 Å². The van der Waals surface area contributed by atoms with Crippen LogP contribution in [-0.2, 0) is 13.2 Å². The number of alkyl halides is 3. The van der Waals surface area contributed by atoms with Crippen LogP contribution in [0.25, 0.3) is 0 Å². The first-order valence-corrected chi connectivity index (χ1v) is 6.68. The van der Waals surface area contributed by atoms with Gasteiger partial charge in [-0.1, -0.05) is 18.2 Å². The van der Waals surface area contributed by atoms with E-state index in [4.69, 9.17) is 11.6 Å². The van der Waals surface area contributed by atoms with Gasteiger partial charge < -0.3 is 10.6 Å². The van der Waals surface area contributed by atoms with Crippen LogP contribution in [0.3, 0.4) is 0 Å². The monoisotopic (exact) mass is 344 g/mol. The molecule has 2 aromatic rings. The highest BCUT2D eigenvalue weighted by Gasteiger charge is 2.39. The largest absolute Gasteiger partial charge is 0.433 e. The van der Waals surface area contributed by atoms with Crippen molar-refractivity contribution in [2.45, 2.75) is 6.18 Å². The molecule has 2 N–H and O–H groups in total. The van der Waals surface area contributed by atoms with E-state index in [1.165, 1.54) is 18.3 Å². The van der Waals surface area contributed by atoms with Crippen LogP contribution in [-0.4, -0.2) is 15.7 Å². The molecule has 0 fully saturated rings. The third kappa shape index (κ3) is 3.84. The third-order valence-electron chi connectivity index (χ3n) is 2.88. The molecule has 0 bridgehead atoms. The maximum atomic E-state index is 13.0. The van der Waals surface area contributed by atoms with Crippen molar-refractivity contribution in [3.05, 3.63) is 53.5 Å². The summed E-state index contributed by atoms with van der Waals surface area (Å²) in [5.74, 6) is -0.933. The summed E-state index contributed by atoms with van der Waals surface area (Å²) < 4.78 is 39.6. The molecule has 1 aromatic carbocycles. The van der Waals surface area contributed by atoms with Gasteiger partial charge in [0.1, 0.15) is 0 Å². The molecule has 0 radical (unpaired) electrons. The average molecular weight is 345 g/mol. The number of rotatable bonds is 4. The predicted octanol–water partition coefficient (Wildman–Crippen LogP) is 3.90. The maximum Gasteiger partial charge on any atom is 0.433 e. The molecular weight excluding hydrogens is 333 g/mol. The Morgan fingerprint density at radius 1 is 1.35 bits per heavy atom. The summed E-state index contributed by atoms with van der Waals surface area (Å²) in [5, 5.41) is 8.94. The van der Waals surface area contributed by atoms with Crippen LogP contribution in [0.2, 0.25) is 5.02 Å². The Bertz CT molecular complexity index is 755. The SMILES string of the molecule is C=CNc1cc(Cl)cc(NC(=O)c2cnn(C)c2C(F)(F)F)c1.